The zero-order valence-electron chi connectivity index (χ0n) is 14.3. The molecule has 6 nitrogen and oxygen atoms in total. The van der Waals surface area contributed by atoms with Gasteiger partial charge in [0.05, 0.1) is 13.2 Å². The first-order chi connectivity index (χ1) is 11.6. The van der Waals surface area contributed by atoms with Crippen LogP contribution in [0.25, 0.3) is 0 Å². The maximum atomic E-state index is 12.7. The van der Waals surface area contributed by atoms with Crippen molar-refractivity contribution in [1.82, 2.24) is 14.1 Å². The fourth-order valence-corrected chi connectivity index (χ4v) is 5.99. The van der Waals surface area contributed by atoms with Crippen LogP contribution < -0.4 is 0 Å². The lowest BCUT2D eigenvalue weighted by molar-refractivity contribution is 0.0317. The minimum atomic E-state index is -3.31. The van der Waals surface area contributed by atoms with Gasteiger partial charge in [-0.05, 0) is 18.6 Å². The molecule has 0 bridgehead atoms. The van der Waals surface area contributed by atoms with E-state index in [1.54, 1.807) is 10.4 Å². The van der Waals surface area contributed by atoms with Crippen molar-refractivity contribution in [3.63, 3.8) is 0 Å². The number of hydrogen-bond acceptors (Lipinski definition) is 6. The first-order valence-electron chi connectivity index (χ1n) is 8.71. The van der Waals surface area contributed by atoms with E-state index < -0.39 is 10.0 Å². The quantitative estimate of drug-likeness (QED) is 0.743. The van der Waals surface area contributed by atoms with Gasteiger partial charge in [0, 0.05) is 57.2 Å². The van der Waals surface area contributed by atoms with E-state index in [4.69, 9.17) is 4.74 Å². The Morgan fingerprint density at radius 2 is 1.62 bits per heavy atom. The van der Waals surface area contributed by atoms with Crippen LogP contribution in [0.3, 0.4) is 0 Å². The average Bonchev–Trinajstić information content (AvgIpc) is 3.11. The molecule has 2 aliphatic rings. The molecule has 2 saturated heterocycles. The van der Waals surface area contributed by atoms with Crippen LogP contribution in [0, 0.1) is 0 Å². The molecule has 136 valence electrons. The molecule has 0 amide bonds. The SMILES string of the molecule is CCc1ccc(S(=O)(=O)N2CCN(CCN3CCOCC3)CC2)s1. The van der Waals surface area contributed by atoms with E-state index in [1.165, 1.54) is 11.3 Å². The van der Waals surface area contributed by atoms with Gasteiger partial charge in [-0.25, -0.2) is 8.42 Å². The molecule has 0 saturated carbocycles. The second-order valence-electron chi connectivity index (χ2n) is 6.27. The van der Waals surface area contributed by atoms with E-state index in [0.717, 1.165) is 63.8 Å². The summed E-state index contributed by atoms with van der Waals surface area (Å²) in [4.78, 5) is 5.91. The molecule has 24 heavy (non-hydrogen) atoms. The van der Waals surface area contributed by atoms with Gasteiger partial charge in [-0.3, -0.25) is 9.80 Å². The van der Waals surface area contributed by atoms with Gasteiger partial charge in [0.15, 0.2) is 0 Å². The van der Waals surface area contributed by atoms with Gasteiger partial charge < -0.3 is 4.74 Å². The van der Waals surface area contributed by atoms with Gasteiger partial charge in [-0.2, -0.15) is 4.31 Å². The molecular formula is C16H27N3O3S2. The van der Waals surface area contributed by atoms with Gasteiger partial charge >= 0.3 is 0 Å². The van der Waals surface area contributed by atoms with E-state index in [0.29, 0.717) is 17.3 Å². The first-order valence-corrected chi connectivity index (χ1v) is 11.0. The summed E-state index contributed by atoms with van der Waals surface area (Å²) in [5, 5.41) is 0. The number of aryl methyl sites for hydroxylation is 1. The number of hydrogen-bond donors (Lipinski definition) is 0. The van der Waals surface area contributed by atoms with E-state index >= 15 is 0 Å². The number of morpholine rings is 1. The van der Waals surface area contributed by atoms with Gasteiger partial charge in [0.1, 0.15) is 4.21 Å². The van der Waals surface area contributed by atoms with Crippen molar-refractivity contribution in [2.45, 2.75) is 17.6 Å². The standard InChI is InChI=1S/C16H27N3O3S2/c1-2-15-3-4-16(23-15)24(20,21)19-9-7-17(8-10-19)5-6-18-11-13-22-14-12-18/h3-4H,2,5-14H2,1H3. The average molecular weight is 374 g/mol. The molecule has 3 heterocycles. The van der Waals surface area contributed by atoms with E-state index in [-0.39, 0.29) is 0 Å². The molecule has 0 spiro atoms. The molecule has 2 aliphatic heterocycles. The first kappa shape index (κ1) is 18.3. The number of rotatable bonds is 6. The Morgan fingerprint density at radius 1 is 1.00 bits per heavy atom. The van der Waals surface area contributed by atoms with E-state index in [2.05, 4.69) is 16.7 Å². The Balaban J connectivity index is 1.49. The molecule has 2 fully saturated rings. The van der Waals surface area contributed by atoms with E-state index in [9.17, 15) is 8.42 Å². The van der Waals surface area contributed by atoms with Crippen molar-refractivity contribution in [2.75, 3.05) is 65.6 Å². The van der Waals surface area contributed by atoms with Crippen LogP contribution in [0.1, 0.15) is 11.8 Å². The highest BCUT2D eigenvalue weighted by molar-refractivity contribution is 7.91. The Morgan fingerprint density at radius 3 is 2.21 bits per heavy atom. The summed E-state index contributed by atoms with van der Waals surface area (Å²) in [6.07, 6.45) is 0.884. The van der Waals surface area contributed by atoms with Gasteiger partial charge in [0.25, 0.3) is 10.0 Å². The number of sulfonamides is 1. The minimum absolute atomic E-state index is 0.487. The molecule has 0 unspecified atom stereocenters. The third-order valence-corrected chi connectivity index (χ3v) is 8.34. The van der Waals surface area contributed by atoms with Gasteiger partial charge in [-0.15, -0.1) is 11.3 Å². The zero-order chi connectivity index (χ0) is 17.0. The Kier molecular flexibility index (Phi) is 6.28. The molecule has 0 atom stereocenters. The van der Waals surface area contributed by atoms with Crippen molar-refractivity contribution in [3.05, 3.63) is 17.0 Å². The summed E-state index contributed by atoms with van der Waals surface area (Å²) in [6, 6.07) is 3.68. The predicted molar refractivity (Wildman–Crippen MR) is 96.2 cm³/mol. The molecule has 0 aliphatic carbocycles. The summed E-state index contributed by atoms with van der Waals surface area (Å²) < 4.78 is 32.9. The largest absolute Gasteiger partial charge is 0.379 e. The molecule has 1 aromatic rings. The van der Waals surface area contributed by atoms with Gasteiger partial charge in [-0.1, -0.05) is 6.92 Å². The van der Waals surface area contributed by atoms with Crippen LogP contribution in [0.4, 0.5) is 0 Å². The Bertz CT molecular complexity index is 618. The van der Waals surface area contributed by atoms with Crippen LogP contribution in [-0.4, -0.2) is 88.1 Å². The summed E-state index contributed by atoms with van der Waals surface area (Å²) in [6.45, 7) is 10.6. The number of thiophene rings is 1. The van der Waals surface area contributed by atoms with Crippen molar-refractivity contribution in [1.29, 1.82) is 0 Å². The number of piperazine rings is 1. The second kappa shape index (κ2) is 8.25. The fourth-order valence-electron chi connectivity index (χ4n) is 3.12. The Labute approximate surface area is 149 Å². The van der Waals surface area contributed by atoms with Crippen LogP contribution in [0.5, 0.6) is 0 Å². The minimum Gasteiger partial charge on any atom is -0.379 e. The topological polar surface area (TPSA) is 53.1 Å². The molecular weight excluding hydrogens is 346 g/mol. The summed E-state index contributed by atoms with van der Waals surface area (Å²) in [7, 11) is -3.31. The highest BCUT2D eigenvalue weighted by Crippen LogP contribution is 2.26. The predicted octanol–water partition coefficient (Wildman–Crippen LogP) is 0.949. The van der Waals surface area contributed by atoms with Crippen molar-refractivity contribution in [3.8, 4) is 0 Å². The second-order valence-corrected chi connectivity index (χ2v) is 9.61. The number of nitrogens with zero attached hydrogens (tertiary/aromatic N) is 3. The molecule has 0 N–H and O–H groups in total. The van der Waals surface area contributed by atoms with Gasteiger partial charge in [0.2, 0.25) is 0 Å². The van der Waals surface area contributed by atoms with Crippen molar-refractivity contribution < 1.29 is 13.2 Å². The summed E-state index contributed by atoms with van der Waals surface area (Å²) in [5.41, 5.74) is 0. The molecule has 8 heteroatoms. The Hall–Kier alpha value is -0.510. The summed E-state index contributed by atoms with van der Waals surface area (Å²) >= 11 is 1.40. The normalized spacial score (nSPS) is 22.0. The third-order valence-electron chi connectivity index (χ3n) is 4.75. The van der Waals surface area contributed by atoms with Crippen LogP contribution >= 0.6 is 11.3 Å². The van der Waals surface area contributed by atoms with Crippen LogP contribution in [0.15, 0.2) is 16.3 Å². The highest BCUT2D eigenvalue weighted by atomic mass is 32.2. The highest BCUT2D eigenvalue weighted by Gasteiger charge is 2.29. The fraction of sp³-hybridized carbons (Fsp3) is 0.750. The maximum Gasteiger partial charge on any atom is 0.252 e. The molecule has 0 radical (unpaired) electrons. The van der Waals surface area contributed by atoms with Crippen molar-refractivity contribution in [2.24, 2.45) is 0 Å². The zero-order valence-corrected chi connectivity index (χ0v) is 15.9. The van der Waals surface area contributed by atoms with Crippen LogP contribution in [-0.2, 0) is 21.2 Å². The lowest BCUT2D eigenvalue weighted by atomic mass is 10.3. The number of ether oxygens (including phenoxy) is 1. The van der Waals surface area contributed by atoms with E-state index in [1.807, 2.05) is 6.07 Å². The lowest BCUT2D eigenvalue weighted by Crippen LogP contribution is -2.50. The smallest absolute Gasteiger partial charge is 0.252 e. The third kappa shape index (κ3) is 4.36. The van der Waals surface area contributed by atoms with Crippen molar-refractivity contribution >= 4 is 21.4 Å². The molecule has 0 aromatic carbocycles. The summed E-state index contributed by atoms with van der Waals surface area (Å²) in [5.74, 6) is 0. The van der Waals surface area contributed by atoms with Crippen LogP contribution in [0.2, 0.25) is 0 Å². The molecule has 3 rings (SSSR count). The maximum absolute atomic E-state index is 12.7. The lowest BCUT2D eigenvalue weighted by Gasteiger charge is -2.35. The monoisotopic (exact) mass is 373 g/mol. The molecule has 1 aromatic heterocycles.